The summed E-state index contributed by atoms with van der Waals surface area (Å²) in [5.74, 6) is -0.191. The number of hydrogen-bond acceptors (Lipinski definition) is 7. The van der Waals surface area contributed by atoms with Crippen molar-refractivity contribution in [1.82, 2.24) is 10.0 Å². The van der Waals surface area contributed by atoms with Gasteiger partial charge >= 0.3 is 5.97 Å². The average Bonchev–Trinajstić information content (AvgIpc) is 3.18. The molecule has 2 aromatic carbocycles. The zero-order valence-corrected chi connectivity index (χ0v) is 17.5. The Balaban J connectivity index is 1.45. The largest absolute Gasteiger partial charge is 0.454 e. The number of esters is 1. The number of ether oxygens (including phenoxy) is 3. The maximum absolute atomic E-state index is 12.3. The Bertz CT molecular complexity index is 1040. The van der Waals surface area contributed by atoms with Gasteiger partial charge in [-0.3, -0.25) is 9.59 Å². The first-order valence-corrected chi connectivity index (χ1v) is 10.7. The lowest BCUT2D eigenvalue weighted by molar-refractivity contribution is -0.149. The van der Waals surface area contributed by atoms with Crippen LogP contribution in [0.1, 0.15) is 12.5 Å². The van der Waals surface area contributed by atoms with Gasteiger partial charge < -0.3 is 19.5 Å². The van der Waals surface area contributed by atoms with Gasteiger partial charge in [0.05, 0.1) is 4.90 Å². The first-order valence-electron chi connectivity index (χ1n) is 8.84. The predicted octanol–water partition coefficient (Wildman–Crippen LogP) is 1.60. The first-order chi connectivity index (χ1) is 14.2. The molecule has 0 aromatic heterocycles. The number of hydrogen-bond donors (Lipinski definition) is 2. The molecule has 2 N–H and O–H groups in total. The molecule has 3 rings (SSSR count). The minimum absolute atomic E-state index is 0.0481. The van der Waals surface area contributed by atoms with Crippen LogP contribution in [0.3, 0.4) is 0 Å². The van der Waals surface area contributed by atoms with Gasteiger partial charge in [0.25, 0.3) is 5.91 Å². The number of fused-ring (bicyclic) bond motifs is 1. The summed E-state index contributed by atoms with van der Waals surface area (Å²) >= 11 is 5.74. The Labute approximate surface area is 178 Å². The number of halogens is 1. The van der Waals surface area contributed by atoms with Crippen LogP contribution in [0.5, 0.6) is 11.5 Å². The molecule has 30 heavy (non-hydrogen) atoms. The lowest BCUT2D eigenvalue weighted by Gasteiger charge is -2.14. The molecular formula is C19H19ClN2O7S. The lowest BCUT2D eigenvalue weighted by atomic mass is 10.2. The van der Waals surface area contributed by atoms with E-state index in [-0.39, 0.29) is 18.2 Å². The molecule has 1 amide bonds. The maximum atomic E-state index is 12.3. The summed E-state index contributed by atoms with van der Waals surface area (Å²) in [4.78, 5) is 23.9. The van der Waals surface area contributed by atoms with Crippen LogP contribution in [0.2, 0.25) is 5.02 Å². The van der Waals surface area contributed by atoms with Gasteiger partial charge in [0.2, 0.25) is 16.8 Å². The third-order valence-corrected chi connectivity index (χ3v) is 5.89. The predicted molar refractivity (Wildman–Crippen MR) is 107 cm³/mol. The van der Waals surface area contributed by atoms with Crippen LogP contribution in [-0.2, 0) is 30.9 Å². The zero-order valence-electron chi connectivity index (χ0n) is 15.9. The number of nitrogens with one attached hydrogen (secondary N) is 2. The van der Waals surface area contributed by atoms with Gasteiger partial charge in [0.15, 0.2) is 18.1 Å². The highest BCUT2D eigenvalue weighted by molar-refractivity contribution is 7.89. The number of rotatable bonds is 8. The fraction of sp³-hybridized carbons (Fsp3) is 0.263. The lowest BCUT2D eigenvalue weighted by Crippen LogP contribution is -2.40. The molecule has 0 unspecified atom stereocenters. The van der Waals surface area contributed by atoms with E-state index in [1.54, 1.807) is 18.2 Å². The fourth-order valence-corrected chi connectivity index (χ4v) is 3.85. The minimum atomic E-state index is -3.94. The van der Waals surface area contributed by atoms with Crippen LogP contribution < -0.4 is 19.5 Å². The van der Waals surface area contributed by atoms with Gasteiger partial charge in [-0.15, -0.1) is 0 Å². The molecule has 9 nitrogen and oxygen atoms in total. The first kappa shape index (κ1) is 21.9. The smallest absolute Gasteiger partial charge is 0.324 e. The third-order valence-electron chi connectivity index (χ3n) is 4.08. The van der Waals surface area contributed by atoms with Crippen molar-refractivity contribution in [2.75, 3.05) is 13.4 Å². The Morgan fingerprint density at radius 1 is 1.13 bits per heavy atom. The zero-order chi connectivity index (χ0) is 21.7. The van der Waals surface area contributed by atoms with Crippen LogP contribution >= 0.6 is 11.6 Å². The van der Waals surface area contributed by atoms with Crippen molar-refractivity contribution in [1.29, 1.82) is 0 Å². The molecule has 1 atom stereocenters. The van der Waals surface area contributed by atoms with Gasteiger partial charge in [0, 0.05) is 11.6 Å². The van der Waals surface area contributed by atoms with E-state index in [0.717, 1.165) is 5.56 Å². The second-order valence-electron chi connectivity index (χ2n) is 6.37. The number of amides is 1. The van der Waals surface area contributed by atoms with Gasteiger partial charge in [0.1, 0.15) is 6.04 Å². The van der Waals surface area contributed by atoms with E-state index in [1.807, 2.05) is 0 Å². The molecule has 0 saturated heterocycles. The number of sulfonamides is 1. The van der Waals surface area contributed by atoms with Crippen LogP contribution in [0.4, 0.5) is 0 Å². The Morgan fingerprint density at radius 3 is 2.57 bits per heavy atom. The summed E-state index contributed by atoms with van der Waals surface area (Å²) in [6, 6.07) is 9.52. The molecule has 1 aliphatic rings. The number of carbonyl (C=O) groups excluding carboxylic acids is 2. The Hall–Kier alpha value is -2.82. The van der Waals surface area contributed by atoms with Crippen molar-refractivity contribution < 1.29 is 32.2 Å². The SMILES string of the molecule is C[C@H](NS(=O)(=O)c1ccc(Cl)cc1)C(=O)OCC(=O)NCc1ccc2c(c1)OCO2. The van der Waals surface area contributed by atoms with Crippen LogP contribution in [0, 0.1) is 0 Å². The van der Waals surface area contributed by atoms with Crippen molar-refractivity contribution in [3.63, 3.8) is 0 Å². The second-order valence-corrected chi connectivity index (χ2v) is 8.52. The second kappa shape index (κ2) is 9.33. The summed E-state index contributed by atoms with van der Waals surface area (Å²) in [5.41, 5.74) is 0.781. The molecule has 2 aromatic rings. The average molecular weight is 455 g/mol. The van der Waals surface area contributed by atoms with Crippen molar-refractivity contribution >= 4 is 33.5 Å². The molecule has 1 heterocycles. The monoisotopic (exact) mass is 454 g/mol. The van der Waals surface area contributed by atoms with E-state index < -0.39 is 34.5 Å². The molecule has 0 radical (unpaired) electrons. The van der Waals surface area contributed by atoms with Gasteiger partial charge in [-0.1, -0.05) is 17.7 Å². The Kier molecular flexibility index (Phi) is 6.80. The molecule has 0 fully saturated rings. The van der Waals surface area contributed by atoms with Crippen LogP contribution in [0.15, 0.2) is 47.4 Å². The Morgan fingerprint density at radius 2 is 1.83 bits per heavy atom. The standard InChI is InChI=1S/C19H19ClN2O7S/c1-12(22-30(25,26)15-5-3-14(20)4-6-15)19(24)27-10-18(23)21-9-13-2-7-16-17(8-13)29-11-28-16/h2-8,12,22H,9-11H2,1H3,(H,21,23)/t12-/m0/s1. The molecule has 1 aliphatic heterocycles. The molecular weight excluding hydrogens is 436 g/mol. The maximum Gasteiger partial charge on any atom is 0.324 e. The summed E-state index contributed by atoms with van der Waals surface area (Å²) < 4.78 is 42.1. The molecule has 160 valence electrons. The molecule has 11 heteroatoms. The van der Waals surface area contributed by atoms with Crippen molar-refractivity contribution in [3.05, 3.63) is 53.1 Å². The van der Waals surface area contributed by atoms with E-state index in [4.69, 9.17) is 25.8 Å². The van der Waals surface area contributed by atoms with Gasteiger partial charge in [-0.05, 0) is 48.9 Å². The summed E-state index contributed by atoms with van der Waals surface area (Å²) in [6.07, 6.45) is 0. The van der Waals surface area contributed by atoms with Crippen molar-refractivity contribution in [3.8, 4) is 11.5 Å². The third kappa shape index (κ3) is 5.62. The molecule has 0 saturated carbocycles. The molecule has 0 spiro atoms. The summed E-state index contributed by atoms with van der Waals surface area (Å²) in [5, 5.41) is 2.98. The van der Waals surface area contributed by atoms with E-state index in [1.165, 1.54) is 31.2 Å². The summed E-state index contributed by atoms with van der Waals surface area (Å²) in [6.45, 7) is 1.13. The van der Waals surface area contributed by atoms with Crippen molar-refractivity contribution in [2.24, 2.45) is 0 Å². The van der Waals surface area contributed by atoms with E-state index in [9.17, 15) is 18.0 Å². The highest BCUT2D eigenvalue weighted by Crippen LogP contribution is 2.32. The number of carbonyl (C=O) groups is 2. The van der Waals surface area contributed by atoms with E-state index in [2.05, 4.69) is 10.0 Å². The highest BCUT2D eigenvalue weighted by atomic mass is 35.5. The molecule has 0 aliphatic carbocycles. The van der Waals surface area contributed by atoms with E-state index in [0.29, 0.717) is 16.5 Å². The van der Waals surface area contributed by atoms with Crippen molar-refractivity contribution in [2.45, 2.75) is 24.4 Å². The van der Waals surface area contributed by atoms with Gasteiger partial charge in [-0.2, -0.15) is 4.72 Å². The van der Waals surface area contributed by atoms with Crippen LogP contribution in [0.25, 0.3) is 0 Å². The number of benzene rings is 2. The normalized spacial score (nSPS) is 13.5. The fourth-order valence-electron chi connectivity index (χ4n) is 2.53. The van der Waals surface area contributed by atoms with Gasteiger partial charge in [-0.25, -0.2) is 8.42 Å². The minimum Gasteiger partial charge on any atom is -0.454 e. The molecule has 0 bridgehead atoms. The van der Waals surface area contributed by atoms with Crippen LogP contribution in [-0.4, -0.2) is 39.7 Å². The summed E-state index contributed by atoms with van der Waals surface area (Å²) in [7, 11) is -3.94. The van der Waals surface area contributed by atoms with E-state index >= 15 is 0 Å². The topological polar surface area (TPSA) is 120 Å². The quantitative estimate of drug-likeness (QED) is 0.581. The highest BCUT2D eigenvalue weighted by Gasteiger charge is 2.23.